The second kappa shape index (κ2) is 8.29. The van der Waals surface area contributed by atoms with Gasteiger partial charge in [0.2, 0.25) is 5.91 Å². The maximum atomic E-state index is 12.1. The van der Waals surface area contributed by atoms with Gasteiger partial charge in [-0.05, 0) is 39.5 Å². The standard InChI is InChI=1S/C16H28N4O2/c1-4-20-15-8-5-7-14(13(15)11-18-20)19-12(2)16(21)17-9-6-10-22-3/h11-12,14,19H,4-10H2,1-3H3,(H,17,21). The van der Waals surface area contributed by atoms with Gasteiger partial charge in [0.25, 0.3) is 0 Å². The molecule has 22 heavy (non-hydrogen) atoms. The molecule has 1 aromatic heterocycles. The molecule has 2 unspecified atom stereocenters. The van der Waals surface area contributed by atoms with E-state index in [4.69, 9.17) is 4.74 Å². The Morgan fingerprint density at radius 2 is 2.41 bits per heavy atom. The number of rotatable bonds is 8. The summed E-state index contributed by atoms with van der Waals surface area (Å²) in [4.78, 5) is 12.1. The van der Waals surface area contributed by atoms with Crippen LogP contribution in [-0.4, -0.2) is 42.0 Å². The summed E-state index contributed by atoms with van der Waals surface area (Å²) in [5.41, 5.74) is 2.58. The summed E-state index contributed by atoms with van der Waals surface area (Å²) in [5.74, 6) is 0.0473. The fourth-order valence-corrected chi connectivity index (χ4v) is 3.02. The van der Waals surface area contributed by atoms with Crippen LogP contribution in [0.3, 0.4) is 0 Å². The Morgan fingerprint density at radius 3 is 3.14 bits per heavy atom. The number of methoxy groups -OCH3 is 1. The van der Waals surface area contributed by atoms with Crippen molar-refractivity contribution in [1.29, 1.82) is 0 Å². The Bertz CT molecular complexity index is 486. The molecule has 2 rings (SSSR count). The molecule has 0 aliphatic heterocycles. The van der Waals surface area contributed by atoms with Gasteiger partial charge in [-0.2, -0.15) is 5.10 Å². The van der Waals surface area contributed by atoms with Crippen molar-refractivity contribution < 1.29 is 9.53 Å². The highest BCUT2D eigenvalue weighted by Crippen LogP contribution is 2.29. The molecule has 0 fully saturated rings. The van der Waals surface area contributed by atoms with E-state index in [1.807, 2.05) is 13.1 Å². The second-order valence-electron chi connectivity index (χ2n) is 5.83. The van der Waals surface area contributed by atoms with Gasteiger partial charge in [-0.1, -0.05) is 0 Å². The largest absolute Gasteiger partial charge is 0.385 e. The van der Waals surface area contributed by atoms with E-state index < -0.39 is 0 Å². The molecule has 0 saturated carbocycles. The van der Waals surface area contributed by atoms with Crippen molar-refractivity contribution in [1.82, 2.24) is 20.4 Å². The van der Waals surface area contributed by atoms with Gasteiger partial charge in [0.15, 0.2) is 0 Å². The van der Waals surface area contributed by atoms with E-state index >= 15 is 0 Å². The normalized spacial score (nSPS) is 18.8. The van der Waals surface area contributed by atoms with Crippen LogP contribution in [0, 0.1) is 0 Å². The molecule has 6 heteroatoms. The average Bonchev–Trinajstić information content (AvgIpc) is 2.95. The number of amides is 1. The van der Waals surface area contributed by atoms with E-state index in [-0.39, 0.29) is 18.0 Å². The number of aryl methyl sites for hydroxylation is 1. The molecule has 6 nitrogen and oxygen atoms in total. The Kier molecular flexibility index (Phi) is 6.39. The number of nitrogens with one attached hydrogen (secondary N) is 2. The zero-order chi connectivity index (χ0) is 15.9. The highest BCUT2D eigenvalue weighted by molar-refractivity contribution is 5.81. The summed E-state index contributed by atoms with van der Waals surface area (Å²) in [6.45, 7) is 6.26. The monoisotopic (exact) mass is 308 g/mol. The molecule has 2 atom stereocenters. The maximum absolute atomic E-state index is 12.1. The van der Waals surface area contributed by atoms with Crippen LogP contribution in [0.1, 0.15) is 50.4 Å². The minimum atomic E-state index is -0.205. The lowest BCUT2D eigenvalue weighted by molar-refractivity contribution is -0.123. The van der Waals surface area contributed by atoms with Gasteiger partial charge < -0.3 is 10.1 Å². The Morgan fingerprint density at radius 1 is 1.59 bits per heavy atom. The molecule has 0 radical (unpaired) electrons. The van der Waals surface area contributed by atoms with E-state index in [2.05, 4.69) is 27.3 Å². The maximum Gasteiger partial charge on any atom is 0.236 e. The van der Waals surface area contributed by atoms with E-state index in [9.17, 15) is 4.79 Å². The molecule has 1 amide bonds. The van der Waals surface area contributed by atoms with Gasteiger partial charge in [0.05, 0.1) is 12.2 Å². The summed E-state index contributed by atoms with van der Waals surface area (Å²) >= 11 is 0. The van der Waals surface area contributed by atoms with Crippen molar-refractivity contribution in [3.63, 3.8) is 0 Å². The fraction of sp³-hybridized carbons (Fsp3) is 0.750. The highest BCUT2D eigenvalue weighted by Gasteiger charge is 2.26. The summed E-state index contributed by atoms with van der Waals surface area (Å²) in [6, 6.07) is 0.0206. The van der Waals surface area contributed by atoms with Gasteiger partial charge in [-0.25, -0.2) is 0 Å². The van der Waals surface area contributed by atoms with Crippen LogP contribution in [0.5, 0.6) is 0 Å². The number of aromatic nitrogens is 2. The predicted molar refractivity (Wildman–Crippen MR) is 85.7 cm³/mol. The summed E-state index contributed by atoms with van der Waals surface area (Å²) < 4.78 is 7.05. The fourth-order valence-electron chi connectivity index (χ4n) is 3.02. The van der Waals surface area contributed by atoms with Gasteiger partial charge in [-0.3, -0.25) is 14.8 Å². The zero-order valence-electron chi connectivity index (χ0n) is 13.9. The second-order valence-corrected chi connectivity index (χ2v) is 5.83. The third-order valence-corrected chi connectivity index (χ3v) is 4.23. The Balaban J connectivity index is 1.88. The van der Waals surface area contributed by atoms with Gasteiger partial charge in [-0.15, -0.1) is 0 Å². The lowest BCUT2D eigenvalue weighted by Gasteiger charge is -2.27. The SMILES string of the molecule is CCn1ncc2c1CCCC2NC(C)C(=O)NCCCOC. The molecule has 1 heterocycles. The van der Waals surface area contributed by atoms with Crippen LogP contribution in [0.15, 0.2) is 6.20 Å². The first-order chi connectivity index (χ1) is 10.7. The van der Waals surface area contributed by atoms with Crippen LogP contribution in [0.25, 0.3) is 0 Å². The van der Waals surface area contributed by atoms with Gasteiger partial charge in [0.1, 0.15) is 0 Å². The van der Waals surface area contributed by atoms with E-state index in [1.54, 1.807) is 7.11 Å². The molecule has 0 saturated heterocycles. The van der Waals surface area contributed by atoms with Crippen molar-refractivity contribution in [2.75, 3.05) is 20.3 Å². The van der Waals surface area contributed by atoms with Crippen molar-refractivity contribution in [3.05, 3.63) is 17.5 Å². The minimum Gasteiger partial charge on any atom is -0.385 e. The molecular weight excluding hydrogens is 280 g/mol. The van der Waals surface area contributed by atoms with Crippen molar-refractivity contribution >= 4 is 5.91 Å². The topological polar surface area (TPSA) is 68.2 Å². The van der Waals surface area contributed by atoms with Gasteiger partial charge >= 0.3 is 0 Å². The highest BCUT2D eigenvalue weighted by atomic mass is 16.5. The van der Waals surface area contributed by atoms with Crippen LogP contribution < -0.4 is 10.6 Å². The number of fused-ring (bicyclic) bond motifs is 1. The average molecular weight is 308 g/mol. The third kappa shape index (κ3) is 4.08. The number of ether oxygens (including phenoxy) is 1. The third-order valence-electron chi connectivity index (χ3n) is 4.23. The molecule has 1 aliphatic rings. The van der Waals surface area contributed by atoms with Crippen LogP contribution >= 0.6 is 0 Å². The molecule has 1 aromatic rings. The Labute approximate surface area is 132 Å². The van der Waals surface area contributed by atoms with E-state index in [0.717, 1.165) is 32.2 Å². The first kappa shape index (κ1) is 17.0. The molecule has 0 aromatic carbocycles. The lowest BCUT2D eigenvalue weighted by Crippen LogP contribution is -2.44. The Hall–Kier alpha value is -1.40. The number of carbonyl (C=O) groups is 1. The quantitative estimate of drug-likeness (QED) is 0.713. The molecule has 2 N–H and O–H groups in total. The van der Waals surface area contributed by atoms with Crippen LogP contribution in [0.4, 0.5) is 0 Å². The van der Waals surface area contributed by atoms with Crippen molar-refractivity contribution in [2.45, 2.75) is 58.2 Å². The van der Waals surface area contributed by atoms with Crippen molar-refractivity contribution in [2.24, 2.45) is 0 Å². The number of nitrogens with zero attached hydrogens (tertiary/aromatic N) is 2. The first-order valence-electron chi connectivity index (χ1n) is 8.24. The number of carbonyl (C=O) groups excluding carboxylic acids is 1. The van der Waals surface area contributed by atoms with Crippen LogP contribution in [-0.2, 0) is 22.5 Å². The summed E-state index contributed by atoms with van der Waals surface area (Å²) in [6.07, 6.45) is 6.08. The summed E-state index contributed by atoms with van der Waals surface area (Å²) in [5, 5.41) is 10.9. The molecule has 0 bridgehead atoms. The van der Waals surface area contributed by atoms with E-state index in [1.165, 1.54) is 11.3 Å². The smallest absolute Gasteiger partial charge is 0.236 e. The van der Waals surface area contributed by atoms with Gasteiger partial charge in [0, 0.05) is 44.1 Å². The van der Waals surface area contributed by atoms with E-state index in [0.29, 0.717) is 13.2 Å². The van der Waals surface area contributed by atoms with Crippen LogP contribution in [0.2, 0.25) is 0 Å². The first-order valence-corrected chi connectivity index (χ1v) is 8.24. The summed E-state index contributed by atoms with van der Waals surface area (Å²) in [7, 11) is 1.67. The molecular formula is C16H28N4O2. The predicted octanol–water partition coefficient (Wildman–Crippen LogP) is 1.41. The lowest BCUT2D eigenvalue weighted by atomic mass is 9.92. The molecule has 1 aliphatic carbocycles. The zero-order valence-corrected chi connectivity index (χ0v) is 13.9. The van der Waals surface area contributed by atoms with Crippen molar-refractivity contribution in [3.8, 4) is 0 Å². The molecule has 124 valence electrons. The minimum absolute atomic E-state index is 0.0473. The number of hydrogen-bond donors (Lipinski definition) is 2. The number of hydrogen-bond acceptors (Lipinski definition) is 4. The molecule has 0 spiro atoms.